The summed E-state index contributed by atoms with van der Waals surface area (Å²) < 4.78 is 6.84. The zero-order valence-electron chi connectivity index (χ0n) is 11.6. The lowest BCUT2D eigenvalue weighted by atomic mass is 10.0. The smallest absolute Gasteiger partial charge is 0.162 e. The third-order valence-corrected chi connectivity index (χ3v) is 3.80. The van der Waals surface area contributed by atoms with Crippen molar-refractivity contribution in [3.63, 3.8) is 0 Å². The summed E-state index contributed by atoms with van der Waals surface area (Å²) in [5.74, 6) is 0.532. The summed E-state index contributed by atoms with van der Waals surface area (Å²) in [4.78, 5) is 4.34. The number of nitrogens with zero attached hydrogens (tertiary/aromatic N) is 3. The fourth-order valence-electron chi connectivity index (χ4n) is 2.42. The molecule has 0 saturated carbocycles. The summed E-state index contributed by atoms with van der Waals surface area (Å²) in [5.41, 5.74) is 1.91. The second kappa shape index (κ2) is 5.35. The Morgan fingerprint density at radius 1 is 1.33 bits per heavy atom. The lowest BCUT2D eigenvalue weighted by molar-refractivity contribution is 0.205. The third kappa shape index (κ3) is 2.24. The van der Waals surface area contributed by atoms with Gasteiger partial charge in [-0.3, -0.25) is 9.67 Å². The largest absolute Gasteiger partial charge is 0.493 e. The van der Waals surface area contributed by atoms with E-state index in [2.05, 4.69) is 10.1 Å². The van der Waals surface area contributed by atoms with E-state index in [4.69, 9.17) is 16.3 Å². The lowest BCUT2D eigenvalue weighted by Gasteiger charge is -2.15. The second-order valence-corrected chi connectivity index (χ2v) is 5.07. The Balaban J connectivity index is 2.21. The van der Waals surface area contributed by atoms with Crippen molar-refractivity contribution in [3.05, 3.63) is 52.9 Å². The first-order valence-corrected chi connectivity index (χ1v) is 6.78. The van der Waals surface area contributed by atoms with Gasteiger partial charge in [0.05, 0.1) is 18.8 Å². The highest BCUT2D eigenvalue weighted by Gasteiger charge is 2.22. The van der Waals surface area contributed by atoms with Crippen molar-refractivity contribution in [3.8, 4) is 5.75 Å². The van der Waals surface area contributed by atoms with E-state index in [1.807, 2.05) is 12.1 Å². The van der Waals surface area contributed by atoms with Crippen LogP contribution in [0, 0.1) is 0 Å². The van der Waals surface area contributed by atoms with Crippen LogP contribution in [-0.4, -0.2) is 27.0 Å². The van der Waals surface area contributed by atoms with E-state index in [-0.39, 0.29) is 0 Å². The summed E-state index contributed by atoms with van der Waals surface area (Å²) in [6.45, 7) is 0. The van der Waals surface area contributed by atoms with Crippen molar-refractivity contribution in [2.75, 3.05) is 7.11 Å². The Morgan fingerprint density at radius 3 is 2.90 bits per heavy atom. The molecule has 3 rings (SSSR count). The molecule has 6 heteroatoms. The number of benzene rings is 1. The molecule has 1 aromatic carbocycles. The van der Waals surface area contributed by atoms with Gasteiger partial charge < -0.3 is 9.84 Å². The van der Waals surface area contributed by atoms with Gasteiger partial charge in [-0.2, -0.15) is 5.10 Å². The number of halogens is 1. The Bertz CT molecular complexity index is 801. The predicted octanol–water partition coefficient (Wildman–Crippen LogP) is 2.71. The third-order valence-electron chi connectivity index (χ3n) is 3.47. The molecule has 0 aliphatic rings. The average Bonchev–Trinajstić information content (AvgIpc) is 2.88. The summed E-state index contributed by atoms with van der Waals surface area (Å²) in [7, 11) is 3.30. The lowest BCUT2D eigenvalue weighted by Crippen LogP contribution is -2.09. The van der Waals surface area contributed by atoms with E-state index >= 15 is 0 Å². The van der Waals surface area contributed by atoms with E-state index in [1.165, 1.54) is 0 Å². The molecular formula is C15H14ClN3O2. The summed E-state index contributed by atoms with van der Waals surface area (Å²) in [5, 5.41) is 16.3. The van der Waals surface area contributed by atoms with Crippen LogP contribution in [-0.2, 0) is 7.05 Å². The Labute approximate surface area is 126 Å². The van der Waals surface area contributed by atoms with Crippen LogP contribution in [0.3, 0.4) is 0 Å². The molecule has 2 aromatic heterocycles. The van der Waals surface area contributed by atoms with Gasteiger partial charge in [0.2, 0.25) is 0 Å². The predicted molar refractivity (Wildman–Crippen MR) is 80.6 cm³/mol. The van der Waals surface area contributed by atoms with Gasteiger partial charge in [0.15, 0.2) is 5.75 Å². The van der Waals surface area contributed by atoms with E-state index in [9.17, 15) is 5.11 Å². The zero-order valence-corrected chi connectivity index (χ0v) is 12.4. The van der Waals surface area contributed by atoms with Gasteiger partial charge in [0.25, 0.3) is 0 Å². The minimum absolute atomic E-state index is 0.532. The molecule has 3 aromatic rings. The summed E-state index contributed by atoms with van der Waals surface area (Å²) >= 11 is 6.18. The molecule has 0 fully saturated rings. The van der Waals surface area contributed by atoms with Crippen molar-refractivity contribution in [1.29, 1.82) is 0 Å². The van der Waals surface area contributed by atoms with Gasteiger partial charge in [-0.15, -0.1) is 0 Å². The Hall–Kier alpha value is -2.11. The molecule has 108 valence electrons. The number of aliphatic hydroxyl groups is 1. The molecule has 2 heterocycles. The molecule has 0 amide bonds. The molecule has 21 heavy (non-hydrogen) atoms. The van der Waals surface area contributed by atoms with Crippen molar-refractivity contribution >= 4 is 22.5 Å². The van der Waals surface area contributed by atoms with Crippen LogP contribution in [0.1, 0.15) is 17.4 Å². The number of rotatable bonds is 3. The van der Waals surface area contributed by atoms with Crippen LogP contribution in [0.15, 0.2) is 36.7 Å². The SMILES string of the molecule is COc1cnn(C)c1C(O)c1ccc(Cl)c2cccnc12. The van der Waals surface area contributed by atoms with Crippen LogP contribution in [0.4, 0.5) is 0 Å². The van der Waals surface area contributed by atoms with Crippen LogP contribution in [0.5, 0.6) is 5.75 Å². The van der Waals surface area contributed by atoms with Gasteiger partial charge in [-0.05, 0) is 18.2 Å². The average molecular weight is 304 g/mol. The Kier molecular flexibility index (Phi) is 3.53. The number of methoxy groups -OCH3 is 1. The molecule has 0 aliphatic carbocycles. The van der Waals surface area contributed by atoms with Crippen molar-refractivity contribution in [2.24, 2.45) is 7.05 Å². The number of aliphatic hydroxyl groups excluding tert-OH is 1. The maximum atomic E-state index is 10.7. The highest BCUT2D eigenvalue weighted by atomic mass is 35.5. The molecular weight excluding hydrogens is 290 g/mol. The normalized spacial score (nSPS) is 12.6. The van der Waals surface area contributed by atoms with Gasteiger partial charge in [-0.1, -0.05) is 17.7 Å². The minimum Gasteiger partial charge on any atom is -0.493 e. The fraction of sp³-hybridized carbons (Fsp3) is 0.200. The molecule has 0 radical (unpaired) electrons. The van der Waals surface area contributed by atoms with Crippen LogP contribution < -0.4 is 4.74 Å². The highest BCUT2D eigenvalue weighted by Crippen LogP contribution is 2.34. The monoisotopic (exact) mass is 303 g/mol. The van der Waals surface area contributed by atoms with Crippen LogP contribution in [0.2, 0.25) is 5.02 Å². The number of ether oxygens (including phenoxy) is 1. The first kappa shape index (κ1) is 13.9. The molecule has 1 atom stereocenters. The van der Waals surface area contributed by atoms with Crippen LogP contribution in [0.25, 0.3) is 10.9 Å². The van der Waals surface area contributed by atoms with Gasteiger partial charge in [0.1, 0.15) is 11.8 Å². The van der Waals surface area contributed by atoms with E-state index in [0.717, 1.165) is 5.39 Å². The van der Waals surface area contributed by atoms with Crippen LogP contribution >= 0.6 is 11.6 Å². The standard InChI is InChI=1S/C15H14ClN3O2/c1-19-14(12(21-2)8-18-19)15(20)10-5-6-11(16)9-4-3-7-17-13(9)10/h3-8,15,20H,1-2H3. The maximum absolute atomic E-state index is 10.7. The van der Waals surface area contributed by atoms with Crippen molar-refractivity contribution in [2.45, 2.75) is 6.10 Å². The van der Waals surface area contributed by atoms with Gasteiger partial charge in [-0.25, -0.2) is 0 Å². The first-order valence-electron chi connectivity index (χ1n) is 6.40. The number of aryl methyl sites for hydroxylation is 1. The second-order valence-electron chi connectivity index (χ2n) is 4.66. The summed E-state index contributed by atoms with van der Waals surface area (Å²) in [6.07, 6.45) is 2.35. The fourth-order valence-corrected chi connectivity index (χ4v) is 2.64. The molecule has 1 unspecified atom stereocenters. The van der Waals surface area contributed by atoms with E-state index in [1.54, 1.807) is 43.4 Å². The quantitative estimate of drug-likeness (QED) is 0.808. The molecule has 0 saturated heterocycles. The zero-order chi connectivity index (χ0) is 15.0. The molecule has 5 nitrogen and oxygen atoms in total. The maximum Gasteiger partial charge on any atom is 0.162 e. The van der Waals surface area contributed by atoms with E-state index in [0.29, 0.717) is 27.5 Å². The van der Waals surface area contributed by atoms with Crippen molar-refractivity contribution in [1.82, 2.24) is 14.8 Å². The number of pyridine rings is 1. The highest BCUT2D eigenvalue weighted by molar-refractivity contribution is 6.35. The van der Waals surface area contributed by atoms with Gasteiger partial charge in [0, 0.05) is 29.2 Å². The topological polar surface area (TPSA) is 60.2 Å². The first-order chi connectivity index (χ1) is 10.1. The minimum atomic E-state index is -0.901. The number of hydrogen-bond acceptors (Lipinski definition) is 4. The van der Waals surface area contributed by atoms with Crippen molar-refractivity contribution < 1.29 is 9.84 Å². The number of hydrogen-bond donors (Lipinski definition) is 1. The molecule has 0 bridgehead atoms. The van der Waals surface area contributed by atoms with Gasteiger partial charge >= 0.3 is 0 Å². The van der Waals surface area contributed by atoms with E-state index < -0.39 is 6.10 Å². The molecule has 0 spiro atoms. The summed E-state index contributed by atoms with van der Waals surface area (Å²) in [6, 6.07) is 7.22. The molecule has 0 aliphatic heterocycles. The number of fused-ring (bicyclic) bond motifs is 1. The number of aromatic nitrogens is 3. The Morgan fingerprint density at radius 2 is 2.14 bits per heavy atom. The molecule has 1 N–H and O–H groups in total.